The van der Waals surface area contributed by atoms with E-state index in [4.69, 9.17) is 25.5 Å². The average Bonchev–Trinajstić information content (AvgIpc) is 2.12. The molecule has 0 saturated carbocycles. The second-order valence-corrected chi connectivity index (χ2v) is 2.36. The maximum absolute atomic E-state index is 9.90. The van der Waals surface area contributed by atoms with Gasteiger partial charge in [-0.2, -0.15) is 0 Å². The zero-order chi connectivity index (χ0) is 9.72. The van der Waals surface area contributed by atoms with Crippen molar-refractivity contribution in [1.29, 1.82) is 0 Å². The predicted molar refractivity (Wildman–Crippen MR) is 43.6 cm³/mol. The molecule has 0 spiro atoms. The van der Waals surface area contributed by atoms with Crippen molar-refractivity contribution in [3.05, 3.63) is 7.43 Å². The molecule has 0 heterocycles. The second kappa shape index (κ2) is 6.93. The van der Waals surface area contributed by atoms with Gasteiger partial charge in [0, 0.05) is 0 Å². The predicted octanol–water partition coefficient (Wildman–Crippen LogP) is -2.93. The molecule has 6 nitrogen and oxygen atoms in total. The summed E-state index contributed by atoms with van der Waals surface area (Å²) in [6.07, 6.45) is -6.84. The molecule has 0 aliphatic carbocycles. The van der Waals surface area contributed by atoms with Crippen LogP contribution in [0.25, 0.3) is 0 Å². The molecule has 0 amide bonds. The summed E-state index contributed by atoms with van der Waals surface area (Å²) >= 11 is 0. The number of hydrogen-bond acceptors (Lipinski definition) is 6. The molecule has 0 aromatic carbocycles. The summed E-state index contributed by atoms with van der Waals surface area (Å²) < 4.78 is 0. The summed E-state index contributed by atoms with van der Waals surface area (Å²) in [7, 11) is 0. The Balaban J connectivity index is 0. The van der Waals surface area contributed by atoms with Crippen molar-refractivity contribution in [3.63, 3.8) is 0 Å². The molecule has 1 radical (unpaired) electrons. The quantitative estimate of drug-likeness (QED) is 0.300. The molecule has 0 unspecified atom stereocenters. The second-order valence-electron chi connectivity index (χ2n) is 2.36. The van der Waals surface area contributed by atoms with Gasteiger partial charge in [0.05, 0.1) is 6.61 Å². The van der Waals surface area contributed by atoms with Crippen molar-refractivity contribution in [2.24, 2.45) is 0 Å². The standard InChI is InChI=1S/C6H12O6.CH3/c7-1-3(9)5(11)6(12)4(10)2-8;/h1,3-6,8-12H,2H2;1H3/t3-,4+,5+,6+;/m0./s1. The molecule has 0 aliphatic heterocycles. The minimum atomic E-state index is -1.79. The summed E-state index contributed by atoms with van der Waals surface area (Å²) in [5, 5.41) is 43.5. The fraction of sp³-hybridized carbons (Fsp3) is 0.714. The number of aliphatic hydroxyl groups excluding tert-OH is 5. The molecular weight excluding hydrogens is 180 g/mol. The fourth-order valence-electron chi connectivity index (χ4n) is 0.618. The number of aldehydes is 1. The zero-order valence-corrected chi connectivity index (χ0v) is 7.24. The van der Waals surface area contributed by atoms with E-state index in [1.807, 2.05) is 0 Å². The van der Waals surface area contributed by atoms with E-state index in [0.29, 0.717) is 0 Å². The van der Waals surface area contributed by atoms with Gasteiger partial charge in [-0.25, -0.2) is 0 Å². The molecule has 0 saturated heterocycles. The first-order valence-electron chi connectivity index (χ1n) is 3.33. The molecule has 0 aromatic rings. The monoisotopic (exact) mass is 195 g/mol. The molecule has 0 bridgehead atoms. The van der Waals surface area contributed by atoms with Gasteiger partial charge >= 0.3 is 0 Å². The van der Waals surface area contributed by atoms with Crippen LogP contribution in [-0.2, 0) is 4.79 Å². The Hall–Kier alpha value is -0.530. The van der Waals surface area contributed by atoms with E-state index >= 15 is 0 Å². The highest BCUT2D eigenvalue weighted by atomic mass is 16.4. The highest BCUT2D eigenvalue weighted by molar-refractivity contribution is 5.56. The zero-order valence-electron chi connectivity index (χ0n) is 7.24. The van der Waals surface area contributed by atoms with Crippen LogP contribution in [0, 0.1) is 7.43 Å². The van der Waals surface area contributed by atoms with Crippen LogP contribution in [0.1, 0.15) is 0 Å². The molecular formula is C7H15O6. The van der Waals surface area contributed by atoms with Crippen molar-refractivity contribution in [1.82, 2.24) is 0 Å². The van der Waals surface area contributed by atoms with Gasteiger partial charge in [0.1, 0.15) is 24.4 Å². The van der Waals surface area contributed by atoms with E-state index in [0.717, 1.165) is 0 Å². The smallest absolute Gasteiger partial charge is 0.151 e. The van der Waals surface area contributed by atoms with E-state index in [2.05, 4.69) is 0 Å². The average molecular weight is 195 g/mol. The van der Waals surface area contributed by atoms with Gasteiger partial charge in [-0.1, -0.05) is 7.43 Å². The highest BCUT2D eigenvalue weighted by Crippen LogP contribution is 2.02. The Bertz CT molecular complexity index is 139. The van der Waals surface area contributed by atoms with E-state index in [1.165, 1.54) is 0 Å². The van der Waals surface area contributed by atoms with Gasteiger partial charge in [-0.3, -0.25) is 0 Å². The van der Waals surface area contributed by atoms with Crippen molar-refractivity contribution in [3.8, 4) is 0 Å². The first kappa shape index (κ1) is 15.0. The van der Waals surface area contributed by atoms with Crippen LogP contribution < -0.4 is 0 Å². The lowest BCUT2D eigenvalue weighted by atomic mass is 10.0. The summed E-state index contributed by atoms with van der Waals surface area (Å²) in [6, 6.07) is 0. The Kier molecular flexibility index (Phi) is 7.98. The number of rotatable bonds is 5. The van der Waals surface area contributed by atoms with Crippen molar-refractivity contribution in [2.45, 2.75) is 24.4 Å². The number of aliphatic hydroxyl groups is 5. The number of hydrogen-bond donors (Lipinski definition) is 5. The third-order valence-electron chi connectivity index (χ3n) is 1.42. The topological polar surface area (TPSA) is 118 Å². The molecule has 4 atom stereocenters. The lowest BCUT2D eigenvalue weighted by Crippen LogP contribution is -2.46. The van der Waals surface area contributed by atoms with Crippen LogP contribution in [-0.4, -0.2) is 62.8 Å². The van der Waals surface area contributed by atoms with Crippen LogP contribution in [0.4, 0.5) is 0 Å². The number of carbonyl (C=O) groups excluding carboxylic acids is 1. The first-order valence-corrected chi connectivity index (χ1v) is 3.33. The van der Waals surface area contributed by atoms with Crippen molar-refractivity contribution in [2.75, 3.05) is 6.61 Å². The van der Waals surface area contributed by atoms with Crippen molar-refractivity contribution >= 4 is 6.29 Å². The van der Waals surface area contributed by atoms with Crippen LogP contribution in [0.2, 0.25) is 0 Å². The van der Waals surface area contributed by atoms with Gasteiger partial charge in [-0.05, 0) is 0 Å². The molecule has 0 aliphatic rings. The minimum absolute atomic E-state index is 0. The fourth-order valence-corrected chi connectivity index (χ4v) is 0.618. The maximum Gasteiger partial charge on any atom is 0.151 e. The summed E-state index contributed by atoms with van der Waals surface area (Å²) in [5.41, 5.74) is 0. The lowest BCUT2D eigenvalue weighted by Gasteiger charge is -2.22. The van der Waals surface area contributed by atoms with Crippen LogP contribution >= 0.6 is 0 Å². The highest BCUT2D eigenvalue weighted by Gasteiger charge is 2.29. The Morgan fingerprint density at radius 3 is 1.85 bits per heavy atom. The van der Waals surface area contributed by atoms with E-state index < -0.39 is 31.0 Å². The number of carbonyl (C=O) groups is 1. The summed E-state index contributed by atoms with van der Waals surface area (Å²) in [5.74, 6) is 0. The Labute approximate surface area is 76.1 Å². The Morgan fingerprint density at radius 1 is 1.08 bits per heavy atom. The molecule has 5 N–H and O–H groups in total. The van der Waals surface area contributed by atoms with Gasteiger partial charge in [0.25, 0.3) is 0 Å². The third-order valence-corrected chi connectivity index (χ3v) is 1.42. The van der Waals surface area contributed by atoms with Crippen LogP contribution in [0.15, 0.2) is 0 Å². The third kappa shape index (κ3) is 4.30. The largest absolute Gasteiger partial charge is 0.394 e. The molecule has 13 heavy (non-hydrogen) atoms. The lowest BCUT2D eigenvalue weighted by molar-refractivity contribution is -0.136. The maximum atomic E-state index is 9.90. The van der Waals surface area contributed by atoms with E-state index in [1.54, 1.807) is 0 Å². The van der Waals surface area contributed by atoms with E-state index in [-0.39, 0.29) is 13.7 Å². The normalized spacial score (nSPS) is 19.5. The SMILES string of the molecule is O=C[C@H](O)[C@@H](O)[C@H](O)[C@H](O)CO.[CH3]. The molecule has 0 fully saturated rings. The molecule has 6 heteroatoms. The molecule has 0 aromatic heterocycles. The first-order chi connectivity index (χ1) is 5.54. The van der Waals surface area contributed by atoms with Crippen LogP contribution in [0.3, 0.4) is 0 Å². The van der Waals surface area contributed by atoms with Gasteiger partial charge < -0.3 is 30.3 Å². The summed E-state index contributed by atoms with van der Waals surface area (Å²) in [4.78, 5) is 9.90. The van der Waals surface area contributed by atoms with E-state index in [9.17, 15) is 4.79 Å². The van der Waals surface area contributed by atoms with Crippen molar-refractivity contribution < 1.29 is 30.3 Å². The summed E-state index contributed by atoms with van der Waals surface area (Å²) in [6.45, 7) is -0.760. The van der Waals surface area contributed by atoms with Gasteiger partial charge in [-0.15, -0.1) is 0 Å². The minimum Gasteiger partial charge on any atom is -0.394 e. The Morgan fingerprint density at radius 2 is 1.54 bits per heavy atom. The molecule has 0 rings (SSSR count). The van der Waals surface area contributed by atoms with Gasteiger partial charge in [0.15, 0.2) is 6.29 Å². The molecule has 79 valence electrons. The van der Waals surface area contributed by atoms with Gasteiger partial charge in [0.2, 0.25) is 0 Å². The van der Waals surface area contributed by atoms with Crippen LogP contribution in [0.5, 0.6) is 0 Å².